The highest BCUT2D eigenvalue weighted by Crippen LogP contribution is 2.31. The molecule has 1 N–H and O–H groups in total. The summed E-state index contributed by atoms with van der Waals surface area (Å²) in [6.45, 7) is 1.85. The van der Waals surface area contributed by atoms with Gasteiger partial charge in [-0.1, -0.05) is 34.5 Å². The molecule has 0 fully saturated rings. The number of carbonyl (C=O) groups is 1. The van der Waals surface area contributed by atoms with Gasteiger partial charge in [-0.2, -0.15) is 0 Å². The molecule has 6 nitrogen and oxygen atoms in total. The predicted octanol–water partition coefficient (Wildman–Crippen LogP) is 6.03. The summed E-state index contributed by atoms with van der Waals surface area (Å²) in [5.74, 6) is 0.782. The first-order valence-corrected chi connectivity index (χ1v) is 10.5. The van der Waals surface area contributed by atoms with E-state index in [1.54, 1.807) is 12.1 Å². The van der Waals surface area contributed by atoms with Gasteiger partial charge in [0, 0.05) is 30.1 Å². The van der Waals surface area contributed by atoms with Crippen molar-refractivity contribution >= 4 is 68.3 Å². The summed E-state index contributed by atoms with van der Waals surface area (Å²) in [5, 5.41) is 12.2. The van der Waals surface area contributed by atoms with Crippen LogP contribution in [0.5, 0.6) is 0 Å². The Morgan fingerprint density at radius 3 is 2.54 bits per heavy atom. The largest absolute Gasteiger partial charge is 0.327 e. The number of halogens is 2. The lowest BCUT2D eigenvalue weighted by Gasteiger charge is -2.06. The summed E-state index contributed by atoms with van der Waals surface area (Å²) in [4.78, 5) is 16.8. The van der Waals surface area contributed by atoms with Crippen LogP contribution >= 0.6 is 46.3 Å². The maximum atomic E-state index is 12.1. The number of hydrogen-bond donors (Lipinski definition) is 1. The van der Waals surface area contributed by atoms with Crippen LogP contribution in [0.2, 0.25) is 10.0 Å². The van der Waals surface area contributed by atoms with E-state index in [4.69, 9.17) is 23.2 Å². The Kier molecular flexibility index (Phi) is 5.29. The number of nitrogens with one attached hydrogen (secondary N) is 1. The number of carbonyl (C=O) groups excluding carboxylic acids is 1. The number of anilines is 1. The molecular weight excluding hydrogens is 437 g/mol. The number of amides is 1. The molecular formula is C18H13Cl2N5OS2. The first-order chi connectivity index (χ1) is 13.4. The normalized spacial score (nSPS) is 11.1. The Bertz CT molecular complexity index is 1190. The fraction of sp³-hybridized carbons (Fsp3) is 0.111. The predicted molar refractivity (Wildman–Crippen MR) is 116 cm³/mol. The van der Waals surface area contributed by atoms with Crippen LogP contribution in [-0.2, 0) is 7.05 Å². The van der Waals surface area contributed by atoms with E-state index in [0.29, 0.717) is 20.1 Å². The van der Waals surface area contributed by atoms with Crippen LogP contribution in [0, 0.1) is 6.92 Å². The fourth-order valence-electron chi connectivity index (χ4n) is 2.69. The molecule has 0 atom stereocenters. The summed E-state index contributed by atoms with van der Waals surface area (Å²) in [6.07, 6.45) is 0. The summed E-state index contributed by atoms with van der Waals surface area (Å²) >= 11 is 14.6. The van der Waals surface area contributed by atoms with E-state index in [0.717, 1.165) is 39.2 Å². The fourth-order valence-corrected chi connectivity index (χ4v) is 4.59. The number of thioether (sulfide) groups is 1. The van der Waals surface area contributed by atoms with Gasteiger partial charge in [0.2, 0.25) is 0 Å². The zero-order valence-electron chi connectivity index (χ0n) is 14.7. The van der Waals surface area contributed by atoms with E-state index in [1.807, 2.05) is 42.8 Å². The molecule has 0 bridgehead atoms. The SMILES string of the molecule is Cc1nnc(SC(=O)Nc2ccc(-c3nc4cc(Cl)c(Cl)cc4n3C)cc2)s1. The Balaban J connectivity index is 1.54. The molecule has 0 saturated heterocycles. The highest BCUT2D eigenvalue weighted by atomic mass is 35.5. The molecule has 0 spiro atoms. The topological polar surface area (TPSA) is 72.7 Å². The zero-order valence-corrected chi connectivity index (χ0v) is 17.9. The minimum atomic E-state index is -0.212. The molecule has 4 rings (SSSR count). The second kappa shape index (κ2) is 7.71. The standard InChI is InChI=1S/C18H13Cl2N5OS2/c1-9-23-24-18(27-9)28-17(26)21-11-5-3-10(4-6-11)16-22-14-7-12(19)13(20)8-15(14)25(16)2/h3-8H,1-2H3,(H,21,26). The molecule has 0 saturated carbocycles. The molecule has 142 valence electrons. The second-order valence-corrected chi connectivity index (χ2v) is 9.14. The second-order valence-electron chi connectivity index (χ2n) is 5.93. The highest BCUT2D eigenvalue weighted by molar-refractivity contribution is 8.15. The van der Waals surface area contributed by atoms with Crippen molar-refractivity contribution in [3.05, 3.63) is 51.5 Å². The lowest BCUT2D eigenvalue weighted by atomic mass is 10.2. The Labute approximate surface area is 178 Å². The third-order valence-corrected chi connectivity index (χ3v) is 6.40. The molecule has 0 radical (unpaired) electrons. The van der Waals surface area contributed by atoms with Crippen LogP contribution < -0.4 is 5.32 Å². The van der Waals surface area contributed by atoms with Gasteiger partial charge in [0.15, 0.2) is 4.34 Å². The van der Waals surface area contributed by atoms with Gasteiger partial charge in [-0.25, -0.2) is 4.98 Å². The number of hydrogen-bond acceptors (Lipinski definition) is 6. The molecule has 2 heterocycles. The number of aryl methyl sites for hydroxylation is 2. The van der Waals surface area contributed by atoms with Crippen molar-refractivity contribution in [3.8, 4) is 11.4 Å². The van der Waals surface area contributed by atoms with Gasteiger partial charge >= 0.3 is 0 Å². The lowest BCUT2D eigenvalue weighted by Crippen LogP contribution is -2.04. The van der Waals surface area contributed by atoms with Gasteiger partial charge < -0.3 is 9.88 Å². The highest BCUT2D eigenvalue weighted by Gasteiger charge is 2.13. The number of benzene rings is 2. The molecule has 0 unspecified atom stereocenters. The molecule has 2 aromatic heterocycles. The van der Waals surface area contributed by atoms with E-state index in [2.05, 4.69) is 20.5 Å². The monoisotopic (exact) mass is 449 g/mol. The number of imidazole rings is 1. The lowest BCUT2D eigenvalue weighted by molar-refractivity contribution is 0.270. The van der Waals surface area contributed by atoms with Gasteiger partial charge in [-0.05, 0) is 43.3 Å². The van der Waals surface area contributed by atoms with Crippen LogP contribution in [0.3, 0.4) is 0 Å². The van der Waals surface area contributed by atoms with E-state index in [1.165, 1.54) is 11.3 Å². The molecule has 10 heteroatoms. The average Bonchev–Trinajstić information content (AvgIpc) is 3.20. The minimum absolute atomic E-state index is 0.212. The summed E-state index contributed by atoms with van der Waals surface area (Å²) in [6, 6.07) is 11.0. The van der Waals surface area contributed by atoms with Crippen molar-refractivity contribution in [1.29, 1.82) is 0 Å². The van der Waals surface area contributed by atoms with E-state index < -0.39 is 0 Å². The van der Waals surface area contributed by atoms with Gasteiger partial charge in [0.25, 0.3) is 5.24 Å². The smallest absolute Gasteiger partial charge is 0.290 e. The van der Waals surface area contributed by atoms with Gasteiger partial charge in [-0.15, -0.1) is 10.2 Å². The van der Waals surface area contributed by atoms with Crippen molar-refractivity contribution in [3.63, 3.8) is 0 Å². The zero-order chi connectivity index (χ0) is 19.8. The molecule has 2 aromatic carbocycles. The van der Waals surface area contributed by atoms with Crippen LogP contribution in [0.4, 0.5) is 10.5 Å². The molecule has 0 aliphatic heterocycles. The Hall–Kier alpha value is -2.13. The molecule has 0 aliphatic rings. The summed E-state index contributed by atoms with van der Waals surface area (Å²) in [7, 11) is 1.92. The molecule has 4 aromatic rings. The minimum Gasteiger partial charge on any atom is -0.327 e. The first kappa shape index (κ1) is 19.2. The van der Waals surface area contributed by atoms with Gasteiger partial charge in [0.05, 0.1) is 21.1 Å². The van der Waals surface area contributed by atoms with E-state index in [-0.39, 0.29) is 5.24 Å². The Morgan fingerprint density at radius 2 is 1.86 bits per heavy atom. The third kappa shape index (κ3) is 3.86. The molecule has 1 amide bonds. The number of rotatable bonds is 3. The maximum absolute atomic E-state index is 12.1. The third-order valence-electron chi connectivity index (χ3n) is 4.00. The average molecular weight is 450 g/mol. The number of nitrogens with zero attached hydrogens (tertiary/aromatic N) is 4. The first-order valence-electron chi connectivity index (χ1n) is 8.11. The molecule has 28 heavy (non-hydrogen) atoms. The van der Waals surface area contributed by atoms with E-state index >= 15 is 0 Å². The maximum Gasteiger partial charge on any atom is 0.290 e. The van der Waals surface area contributed by atoms with Crippen LogP contribution in [-0.4, -0.2) is 25.0 Å². The van der Waals surface area contributed by atoms with Crippen molar-refractivity contribution < 1.29 is 4.79 Å². The summed E-state index contributed by atoms with van der Waals surface area (Å²) < 4.78 is 2.57. The van der Waals surface area contributed by atoms with Crippen molar-refractivity contribution in [2.75, 3.05) is 5.32 Å². The van der Waals surface area contributed by atoms with Crippen LogP contribution in [0.1, 0.15) is 5.01 Å². The number of fused-ring (bicyclic) bond motifs is 1. The number of aromatic nitrogens is 4. The van der Waals surface area contributed by atoms with Gasteiger partial charge in [0.1, 0.15) is 10.8 Å². The summed E-state index contributed by atoms with van der Waals surface area (Å²) in [5.41, 5.74) is 3.27. The quantitative estimate of drug-likeness (QED) is 0.386. The van der Waals surface area contributed by atoms with Gasteiger partial charge in [-0.3, -0.25) is 4.79 Å². The Morgan fingerprint density at radius 1 is 1.14 bits per heavy atom. The molecule has 0 aliphatic carbocycles. The van der Waals surface area contributed by atoms with Crippen molar-refractivity contribution in [2.45, 2.75) is 11.3 Å². The van der Waals surface area contributed by atoms with Crippen LogP contribution in [0.25, 0.3) is 22.4 Å². The van der Waals surface area contributed by atoms with Crippen molar-refractivity contribution in [1.82, 2.24) is 19.7 Å². The van der Waals surface area contributed by atoms with Crippen molar-refractivity contribution in [2.24, 2.45) is 7.05 Å². The van der Waals surface area contributed by atoms with Crippen LogP contribution in [0.15, 0.2) is 40.7 Å². The van der Waals surface area contributed by atoms with E-state index in [9.17, 15) is 4.79 Å².